The quantitative estimate of drug-likeness (QED) is 0.478. The number of pyridine rings is 2. The average Bonchev–Trinajstić information content (AvgIpc) is 3.25. The van der Waals surface area contributed by atoms with Gasteiger partial charge >= 0.3 is 0 Å². The maximum absolute atomic E-state index is 13.2. The van der Waals surface area contributed by atoms with Crippen LogP contribution in [0.2, 0.25) is 10.0 Å². The molecule has 0 spiro atoms. The number of halogens is 2. The molecule has 1 aromatic carbocycles. The molecule has 0 N–H and O–H groups in total. The molecule has 1 aliphatic heterocycles. The van der Waals surface area contributed by atoms with E-state index in [1.54, 1.807) is 30.7 Å². The second kappa shape index (κ2) is 10.2. The number of aryl methyl sites for hydroxylation is 1. The first-order valence-electron chi connectivity index (χ1n) is 10.6. The molecule has 2 unspecified atom stereocenters. The Morgan fingerprint density at radius 3 is 2.76 bits per heavy atom. The molecule has 0 aliphatic carbocycles. The van der Waals surface area contributed by atoms with Gasteiger partial charge in [-0.3, -0.25) is 14.8 Å². The first-order chi connectivity index (χ1) is 16.0. The van der Waals surface area contributed by atoms with E-state index in [1.165, 1.54) is 6.20 Å². The number of nitrogens with zero attached hydrogens (tertiary/aromatic N) is 4. The normalized spacial score (nSPS) is 17.6. The zero-order valence-electron chi connectivity index (χ0n) is 18.0. The molecule has 4 rings (SSSR count). The van der Waals surface area contributed by atoms with E-state index in [-0.39, 0.29) is 17.7 Å². The van der Waals surface area contributed by atoms with Gasteiger partial charge in [0.1, 0.15) is 17.4 Å². The zero-order valence-corrected chi connectivity index (χ0v) is 19.6. The minimum atomic E-state index is -0.0411. The molecule has 2 atom stereocenters. The molecular weight excluding hydrogens is 459 g/mol. The number of aromatic nitrogens is 2. The van der Waals surface area contributed by atoms with Crippen LogP contribution in [0.1, 0.15) is 39.4 Å². The molecule has 0 radical (unpaired) electrons. The fraction of sp³-hybridized carbons (Fsp3) is 0.280. The van der Waals surface area contributed by atoms with Crippen molar-refractivity contribution in [1.82, 2.24) is 14.9 Å². The fourth-order valence-electron chi connectivity index (χ4n) is 4.22. The fourth-order valence-corrected chi connectivity index (χ4v) is 4.52. The number of likely N-dealkylation sites (tertiary alicyclic amines) is 1. The second-order valence-electron chi connectivity index (χ2n) is 8.12. The van der Waals surface area contributed by atoms with Gasteiger partial charge in [-0.05, 0) is 54.7 Å². The largest absolute Gasteiger partial charge is 0.492 e. The van der Waals surface area contributed by atoms with Gasteiger partial charge in [0.05, 0.1) is 22.2 Å². The SMILES string of the molecule is Cc1cncc(C(=O)N2CC(CCOc3ccncc3C#N)C(c3ccc(Cl)c(Cl)c3)C2)c1. The second-order valence-corrected chi connectivity index (χ2v) is 8.94. The van der Waals surface area contributed by atoms with E-state index < -0.39 is 0 Å². The van der Waals surface area contributed by atoms with Crippen LogP contribution in [0.5, 0.6) is 5.75 Å². The first-order valence-corrected chi connectivity index (χ1v) is 11.3. The molecular formula is C25H22Cl2N4O2. The predicted octanol–water partition coefficient (Wildman–Crippen LogP) is 5.29. The Hall–Kier alpha value is -3.14. The van der Waals surface area contributed by atoms with Crippen LogP contribution in [0.4, 0.5) is 0 Å². The number of hydrogen-bond donors (Lipinski definition) is 0. The lowest BCUT2D eigenvalue weighted by Gasteiger charge is -2.19. The number of carbonyl (C=O) groups excluding carboxylic acids is 1. The van der Waals surface area contributed by atoms with Crippen molar-refractivity contribution < 1.29 is 9.53 Å². The van der Waals surface area contributed by atoms with E-state index in [9.17, 15) is 10.1 Å². The summed E-state index contributed by atoms with van der Waals surface area (Å²) in [6.45, 7) is 3.48. The van der Waals surface area contributed by atoms with Crippen molar-refractivity contribution in [2.24, 2.45) is 5.92 Å². The van der Waals surface area contributed by atoms with Crippen LogP contribution in [0.25, 0.3) is 0 Å². The summed E-state index contributed by atoms with van der Waals surface area (Å²) in [6.07, 6.45) is 7.12. The van der Waals surface area contributed by atoms with E-state index in [0.29, 0.717) is 53.0 Å². The van der Waals surface area contributed by atoms with E-state index in [4.69, 9.17) is 27.9 Å². The van der Waals surface area contributed by atoms with Crippen molar-refractivity contribution >= 4 is 29.1 Å². The van der Waals surface area contributed by atoms with Crippen LogP contribution in [0, 0.1) is 24.2 Å². The van der Waals surface area contributed by atoms with Crippen molar-refractivity contribution in [2.45, 2.75) is 19.3 Å². The molecule has 3 heterocycles. The summed E-state index contributed by atoms with van der Waals surface area (Å²) >= 11 is 12.4. The number of ether oxygens (including phenoxy) is 1. The molecule has 1 saturated heterocycles. The van der Waals surface area contributed by atoms with Gasteiger partial charge in [-0.2, -0.15) is 5.26 Å². The minimum Gasteiger partial charge on any atom is -0.492 e. The number of carbonyl (C=O) groups is 1. The molecule has 8 heteroatoms. The van der Waals surface area contributed by atoms with E-state index in [1.807, 2.05) is 30.0 Å². The molecule has 168 valence electrons. The third-order valence-corrected chi connectivity index (χ3v) is 6.61. The summed E-state index contributed by atoms with van der Waals surface area (Å²) in [5, 5.41) is 10.2. The van der Waals surface area contributed by atoms with Crippen molar-refractivity contribution in [3.8, 4) is 11.8 Å². The number of benzene rings is 1. The standard InChI is InChI=1S/C25H22Cl2N4O2/c1-16-8-19(12-30-11-16)25(32)31-14-18(5-7-33-24-4-6-29-13-20(24)10-28)21(15-31)17-2-3-22(26)23(27)9-17/h2-4,6,8-9,11-13,18,21H,5,7,14-15H2,1H3. The Morgan fingerprint density at radius 1 is 1.15 bits per heavy atom. The molecule has 33 heavy (non-hydrogen) atoms. The number of nitriles is 1. The molecule has 3 aromatic rings. The van der Waals surface area contributed by atoms with Crippen LogP contribution in [0.3, 0.4) is 0 Å². The Bertz CT molecular complexity index is 1210. The van der Waals surface area contributed by atoms with E-state index >= 15 is 0 Å². The van der Waals surface area contributed by atoms with E-state index in [0.717, 1.165) is 11.1 Å². The summed E-state index contributed by atoms with van der Waals surface area (Å²) in [6, 6.07) is 11.3. The van der Waals surface area contributed by atoms with Crippen molar-refractivity contribution in [1.29, 1.82) is 5.26 Å². The Kier molecular flexibility index (Phi) is 7.12. The summed E-state index contributed by atoms with van der Waals surface area (Å²) < 4.78 is 5.89. The Labute approximate surface area is 202 Å². The van der Waals surface area contributed by atoms with Crippen molar-refractivity contribution in [2.75, 3.05) is 19.7 Å². The predicted molar refractivity (Wildman–Crippen MR) is 127 cm³/mol. The minimum absolute atomic E-state index is 0.0411. The average molecular weight is 481 g/mol. The summed E-state index contributed by atoms with van der Waals surface area (Å²) in [5.74, 6) is 0.699. The molecule has 1 aliphatic rings. The van der Waals surface area contributed by atoms with Gasteiger partial charge in [-0.25, -0.2) is 0 Å². The molecule has 2 aromatic heterocycles. The summed E-state index contributed by atoms with van der Waals surface area (Å²) in [7, 11) is 0. The lowest BCUT2D eigenvalue weighted by molar-refractivity contribution is 0.0783. The molecule has 0 saturated carbocycles. The summed E-state index contributed by atoms with van der Waals surface area (Å²) in [4.78, 5) is 23.2. The highest BCUT2D eigenvalue weighted by Gasteiger charge is 2.36. The third kappa shape index (κ3) is 5.27. The number of amides is 1. The highest BCUT2D eigenvalue weighted by atomic mass is 35.5. The van der Waals surface area contributed by atoms with Gasteiger partial charge in [0.2, 0.25) is 0 Å². The van der Waals surface area contributed by atoms with Crippen molar-refractivity contribution in [3.63, 3.8) is 0 Å². The third-order valence-electron chi connectivity index (χ3n) is 5.87. The Morgan fingerprint density at radius 2 is 2.00 bits per heavy atom. The molecule has 1 fully saturated rings. The smallest absolute Gasteiger partial charge is 0.255 e. The van der Waals surface area contributed by atoms with Gasteiger partial charge in [-0.15, -0.1) is 0 Å². The van der Waals surface area contributed by atoms with E-state index in [2.05, 4.69) is 16.0 Å². The number of hydrogen-bond acceptors (Lipinski definition) is 5. The highest BCUT2D eigenvalue weighted by Crippen LogP contribution is 2.38. The molecule has 6 nitrogen and oxygen atoms in total. The van der Waals surface area contributed by atoms with Gasteiger partial charge in [-0.1, -0.05) is 29.3 Å². The van der Waals surface area contributed by atoms with Crippen LogP contribution in [-0.2, 0) is 0 Å². The summed E-state index contributed by atoms with van der Waals surface area (Å²) in [5.41, 5.74) is 2.95. The molecule has 1 amide bonds. The topological polar surface area (TPSA) is 79.1 Å². The van der Waals surface area contributed by atoms with Crippen LogP contribution < -0.4 is 4.74 Å². The maximum atomic E-state index is 13.2. The van der Waals surface area contributed by atoms with Gasteiger partial charge in [0.25, 0.3) is 5.91 Å². The van der Waals surface area contributed by atoms with Crippen molar-refractivity contribution in [3.05, 3.63) is 87.4 Å². The Balaban J connectivity index is 1.53. The maximum Gasteiger partial charge on any atom is 0.255 e. The van der Waals surface area contributed by atoms with Crippen LogP contribution >= 0.6 is 23.2 Å². The lowest BCUT2D eigenvalue weighted by atomic mass is 9.87. The highest BCUT2D eigenvalue weighted by molar-refractivity contribution is 6.42. The molecule has 0 bridgehead atoms. The van der Waals surface area contributed by atoms with Crippen LogP contribution in [-0.4, -0.2) is 40.5 Å². The monoisotopic (exact) mass is 480 g/mol. The van der Waals surface area contributed by atoms with Crippen LogP contribution in [0.15, 0.2) is 55.1 Å². The van der Waals surface area contributed by atoms with Gasteiger partial charge in [0, 0.05) is 43.8 Å². The number of rotatable bonds is 6. The lowest BCUT2D eigenvalue weighted by Crippen LogP contribution is -2.29. The van der Waals surface area contributed by atoms with Gasteiger partial charge < -0.3 is 9.64 Å². The first kappa shape index (κ1) is 23.0. The van der Waals surface area contributed by atoms with Gasteiger partial charge in [0.15, 0.2) is 0 Å². The zero-order chi connectivity index (χ0) is 23.4.